The largest absolute Gasteiger partial charge is 0.493 e. The number of aliphatic carboxylic acids is 1. The van der Waals surface area contributed by atoms with Crippen molar-refractivity contribution >= 4 is 5.97 Å². The van der Waals surface area contributed by atoms with E-state index in [-0.39, 0.29) is 5.82 Å². The highest BCUT2D eigenvalue weighted by Gasteiger charge is 2.37. The fraction of sp³-hybridized carbons (Fsp3) is 0.381. The lowest BCUT2D eigenvalue weighted by Crippen LogP contribution is -2.39. The molecule has 28 heavy (non-hydrogen) atoms. The van der Waals surface area contributed by atoms with Crippen LogP contribution in [0.15, 0.2) is 36.4 Å². The Morgan fingerprint density at radius 1 is 1.07 bits per heavy atom. The summed E-state index contributed by atoms with van der Waals surface area (Å²) in [5.74, 6) is 0.216. The Morgan fingerprint density at radius 2 is 1.68 bits per heavy atom. The summed E-state index contributed by atoms with van der Waals surface area (Å²) in [6, 6.07) is 8.74. The van der Waals surface area contributed by atoms with Gasteiger partial charge in [0.25, 0.3) is 0 Å². The van der Waals surface area contributed by atoms with Crippen LogP contribution in [-0.4, -0.2) is 49.9 Å². The molecule has 2 atom stereocenters. The van der Waals surface area contributed by atoms with Gasteiger partial charge in [0.15, 0.2) is 11.5 Å². The summed E-state index contributed by atoms with van der Waals surface area (Å²) in [5.41, 5.74) is 1.58. The second kappa shape index (κ2) is 8.48. The molecule has 0 saturated carbocycles. The van der Waals surface area contributed by atoms with Gasteiger partial charge >= 0.3 is 5.97 Å². The molecule has 1 aliphatic rings. The van der Waals surface area contributed by atoms with Crippen molar-refractivity contribution in [2.24, 2.45) is 0 Å². The lowest BCUT2D eigenvalue weighted by atomic mass is 9.95. The van der Waals surface area contributed by atoms with Gasteiger partial charge in [-0.2, -0.15) is 0 Å². The molecule has 150 valence electrons. The number of carboxylic acids is 1. The first-order valence-electron chi connectivity index (χ1n) is 9.04. The molecule has 2 aromatic rings. The van der Waals surface area contributed by atoms with E-state index in [0.29, 0.717) is 30.2 Å². The first kappa shape index (κ1) is 19.9. The number of halogens is 1. The molecule has 1 heterocycles. The van der Waals surface area contributed by atoms with E-state index in [0.717, 1.165) is 17.5 Å². The van der Waals surface area contributed by atoms with Gasteiger partial charge in [-0.1, -0.05) is 12.1 Å². The molecule has 3 rings (SSSR count). The number of hydrogen-bond acceptors (Lipinski definition) is 5. The number of rotatable bonds is 7. The zero-order chi connectivity index (χ0) is 20.3. The fourth-order valence-electron chi connectivity index (χ4n) is 3.84. The number of benzene rings is 2. The molecule has 1 N–H and O–H groups in total. The van der Waals surface area contributed by atoms with Crippen molar-refractivity contribution in [3.05, 3.63) is 53.3 Å². The average Bonchev–Trinajstić information content (AvgIpc) is 3.18. The van der Waals surface area contributed by atoms with E-state index < -0.39 is 18.1 Å². The van der Waals surface area contributed by atoms with Gasteiger partial charge in [-0.25, -0.2) is 4.39 Å². The standard InChI is InChI=1S/C21H24FNO5/c1-26-17-11-14(12-18(27-2)20(17)28-3)19(13-6-8-15(22)9-7-13)23-10-4-5-16(23)21(24)25/h6-9,11-12,16,19H,4-5,10H2,1-3H3,(H,24,25). The molecule has 0 bridgehead atoms. The van der Waals surface area contributed by atoms with E-state index in [2.05, 4.69) is 0 Å². The van der Waals surface area contributed by atoms with Gasteiger partial charge in [0.2, 0.25) is 5.75 Å². The molecule has 2 aromatic carbocycles. The van der Waals surface area contributed by atoms with E-state index in [9.17, 15) is 14.3 Å². The number of methoxy groups -OCH3 is 3. The highest BCUT2D eigenvalue weighted by molar-refractivity contribution is 5.74. The Kier molecular flexibility index (Phi) is 6.04. The van der Waals surface area contributed by atoms with Gasteiger partial charge in [-0.15, -0.1) is 0 Å². The molecule has 1 aliphatic heterocycles. The minimum absolute atomic E-state index is 0.344. The van der Waals surface area contributed by atoms with Crippen LogP contribution >= 0.6 is 0 Å². The molecule has 6 nitrogen and oxygen atoms in total. The van der Waals surface area contributed by atoms with Crippen LogP contribution in [0.25, 0.3) is 0 Å². The van der Waals surface area contributed by atoms with E-state index in [4.69, 9.17) is 14.2 Å². The van der Waals surface area contributed by atoms with Crippen molar-refractivity contribution in [2.45, 2.75) is 24.9 Å². The summed E-state index contributed by atoms with van der Waals surface area (Å²) in [6.45, 7) is 0.621. The molecule has 2 unspecified atom stereocenters. The van der Waals surface area contributed by atoms with Gasteiger partial charge < -0.3 is 19.3 Å². The van der Waals surface area contributed by atoms with Crippen LogP contribution in [0.4, 0.5) is 4.39 Å². The van der Waals surface area contributed by atoms with Gasteiger partial charge in [0, 0.05) is 6.54 Å². The first-order chi connectivity index (χ1) is 13.5. The van der Waals surface area contributed by atoms with E-state index in [1.165, 1.54) is 33.5 Å². The van der Waals surface area contributed by atoms with Gasteiger partial charge in [-0.3, -0.25) is 9.69 Å². The third kappa shape index (κ3) is 3.75. The molecule has 0 amide bonds. The monoisotopic (exact) mass is 389 g/mol. The highest BCUT2D eigenvalue weighted by Crippen LogP contribution is 2.43. The third-order valence-corrected chi connectivity index (χ3v) is 5.10. The predicted molar refractivity (Wildman–Crippen MR) is 102 cm³/mol. The number of likely N-dealkylation sites (tertiary alicyclic amines) is 1. The molecule has 1 fully saturated rings. The van der Waals surface area contributed by atoms with E-state index >= 15 is 0 Å². The maximum Gasteiger partial charge on any atom is 0.320 e. The molecule has 0 aliphatic carbocycles. The minimum atomic E-state index is -0.864. The number of nitrogens with zero attached hydrogens (tertiary/aromatic N) is 1. The summed E-state index contributed by atoms with van der Waals surface area (Å²) in [6.07, 6.45) is 1.34. The first-order valence-corrected chi connectivity index (χ1v) is 9.04. The van der Waals surface area contributed by atoms with Crippen molar-refractivity contribution in [2.75, 3.05) is 27.9 Å². The normalized spacial score (nSPS) is 17.9. The second-order valence-corrected chi connectivity index (χ2v) is 6.65. The number of hydrogen-bond donors (Lipinski definition) is 1. The van der Waals surface area contributed by atoms with Crippen LogP contribution in [0, 0.1) is 5.82 Å². The van der Waals surface area contributed by atoms with Crippen LogP contribution in [-0.2, 0) is 4.79 Å². The molecular formula is C21H24FNO5. The van der Waals surface area contributed by atoms with Crippen LogP contribution in [0.5, 0.6) is 17.2 Å². The minimum Gasteiger partial charge on any atom is -0.493 e. The Balaban J connectivity index is 2.16. The number of carbonyl (C=O) groups is 1. The van der Waals surface area contributed by atoms with Crippen LogP contribution < -0.4 is 14.2 Å². The summed E-state index contributed by atoms with van der Waals surface area (Å²) in [4.78, 5) is 13.7. The van der Waals surface area contributed by atoms with Crippen molar-refractivity contribution in [1.29, 1.82) is 0 Å². The Labute approximate surface area is 163 Å². The van der Waals surface area contributed by atoms with Crippen molar-refractivity contribution in [3.8, 4) is 17.2 Å². The maximum absolute atomic E-state index is 13.5. The summed E-state index contributed by atoms with van der Waals surface area (Å²) >= 11 is 0. The Hall–Kier alpha value is -2.80. The van der Waals surface area contributed by atoms with Crippen molar-refractivity contribution < 1.29 is 28.5 Å². The Morgan fingerprint density at radius 3 is 2.18 bits per heavy atom. The van der Waals surface area contributed by atoms with Crippen LogP contribution in [0.3, 0.4) is 0 Å². The summed E-state index contributed by atoms with van der Waals surface area (Å²) < 4.78 is 29.8. The third-order valence-electron chi connectivity index (χ3n) is 5.10. The predicted octanol–water partition coefficient (Wildman–Crippen LogP) is 3.49. The van der Waals surface area contributed by atoms with Crippen LogP contribution in [0.2, 0.25) is 0 Å². The lowest BCUT2D eigenvalue weighted by Gasteiger charge is -2.32. The lowest BCUT2D eigenvalue weighted by molar-refractivity contribution is -0.142. The second-order valence-electron chi connectivity index (χ2n) is 6.65. The topological polar surface area (TPSA) is 68.2 Å². The molecule has 0 spiro atoms. The molecule has 1 saturated heterocycles. The molecular weight excluding hydrogens is 365 g/mol. The van der Waals surface area contributed by atoms with Gasteiger partial charge in [-0.05, 0) is 48.2 Å². The average molecular weight is 389 g/mol. The highest BCUT2D eigenvalue weighted by atomic mass is 19.1. The molecule has 0 radical (unpaired) electrons. The number of ether oxygens (including phenoxy) is 3. The summed E-state index contributed by atoms with van der Waals surface area (Å²) in [7, 11) is 4.59. The Bertz CT molecular complexity index is 814. The molecule has 7 heteroatoms. The SMILES string of the molecule is COc1cc(C(c2ccc(F)cc2)N2CCCC2C(=O)O)cc(OC)c1OC. The number of carboxylic acid groups (broad SMARTS) is 1. The van der Waals surface area contributed by atoms with E-state index in [1.807, 2.05) is 17.0 Å². The zero-order valence-electron chi connectivity index (χ0n) is 16.1. The quantitative estimate of drug-likeness (QED) is 0.782. The van der Waals surface area contributed by atoms with Crippen LogP contribution in [0.1, 0.15) is 30.0 Å². The van der Waals surface area contributed by atoms with E-state index in [1.54, 1.807) is 12.1 Å². The van der Waals surface area contributed by atoms with Gasteiger partial charge in [0.05, 0.1) is 27.4 Å². The smallest absolute Gasteiger partial charge is 0.320 e. The summed E-state index contributed by atoms with van der Waals surface area (Å²) in [5, 5.41) is 9.68. The fourth-order valence-corrected chi connectivity index (χ4v) is 3.84. The zero-order valence-corrected chi connectivity index (χ0v) is 16.1. The van der Waals surface area contributed by atoms with Gasteiger partial charge in [0.1, 0.15) is 11.9 Å². The van der Waals surface area contributed by atoms with Crippen molar-refractivity contribution in [3.63, 3.8) is 0 Å². The van der Waals surface area contributed by atoms with Crippen molar-refractivity contribution in [1.82, 2.24) is 4.90 Å². The maximum atomic E-state index is 13.5. The molecule has 0 aromatic heterocycles.